The fourth-order valence-corrected chi connectivity index (χ4v) is 3.74. The zero-order chi connectivity index (χ0) is 18.0. The Balaban J connectivity index is 2.03. The number of nitrogens with one attached hydrogen (secondary N) is 1. The molecule has 1 saturated carbocycles. The second-order valence-electron chi connectivity index (χ2n) is 6.77. The highest BCUT2D eigenvalue weighted by Crippen LogP contribution is 2.40. The third-order valence-corrected chi connectivity index (χ3v) is 5.13. The maximum atomic E-state index is 14.3. The van der Waals surface area contributed by atoms with E-state index in [2.05, 4.69) is 11.1 Å². The summed E-state index contributed by atoms with van der Waals surface area (Å²) in [5.74, 6) is -0.518. The van der Waals surface area contributed by atoms with Gasteiger partial charge in [0.05, 0.1) is 29.1 Å². The Labute approximate surface area is 146 Å². The number of pyridine rings is 1. The fourth-order valence-electron chi connectivity index (χ4n) is 3.74. The van der Waals surface area contributed by atoms with Gasteiger partial charge in [0.2, 0.25) is 0 Å². The van der Waals surface area contributed by atoms with Crippen LogP contribution in [0.25, 0.3) is 32.8 Å². The maximum Gasteiger partial charge on any atom is 0.199 e. The Morgan fingerprint density at radius 1 is 1.27 bits per heavy atom. The average molecular weight is 347 g/mol. The zero-order valence-electron chi connectivity index (χ0n) is 13.7. The summed E-state index contributed by atoms with van der Waals surface area (Å²) in [5, 5.41) is 20.2. The quantitative estimate of drug-likeness (QED) is 0.582. The van der Waals surface area contributed by atoms with Crippen molar-refractivity contribution in [3.05, 3.63) is 57.5 Å². The molecular weight excluding hydrogens is 333 g/mol. The standard InChI is InChI=1S/C20H14FN3O2/c21-15-7-17-14(6-11(15)9-25)19(26)18-13-4-1-10(8-22)5-16(13)23-20(18)24(17)12-2-3-12/h1,4-7,12,23,25H,2-3,9H2. The smallest absolute Gasteiger partial charge is 0.199 e. The number of rotatable bonds is 2. The summed E-state index contributed by atoms with van der Waals surface area (Å²) in [6, 6.07) is 10.3. The molecule has 0 aliphatic heterocycles. The highest BCUT2D eigenvalue weighted by Gasteiger charge is 2.29. The molecule has 128 valence electrons. The molecule has 1 aliphatic carbocycles. The highest BCUT2D eigenvalue weighted by molar-refractivity contribution is 6.10. The number of aromatic amines is 1. The largest absolute Gasteiger partial charge is 0.392 e. The summed E-state index contributed by atoms with van der Waals surface area (Å²) in [5.41, 5.74) is 2.33. The Kier molecular flexibility index (Phi) is 3.00. The number of hydrogen-bond acceptors (Lipinski definition) is 3. The lowest BCUT2D eigenvalue weighted by molar-refractivity contribution is 0.276. The first-order chi connectivity index (χ1) is 12.6. The monoisotopic (exact) mass is 347 g/mol. The Morgan fingerprint density at radius 3 is 2.77 bits per heavy atom. The van der Waals surface area contributed by atoms with E-state index in [1.165, 1.54) is 12.1 Å². The van der Waals surface area contributed by atoms with E-state index >= 15 is 0 Å². The third-order valence-electron chi connectivity index (χ3n) is 5.13. The molecule has 5 nitrogen and oxygen atoms in total. The summed E-state index contributed by atoms with van der Waals surface area (Å²) in [6.07, 6.45) is 1.94. The molecule has 0 spiro atoms. The van der Waals surface area contributed by atoms with Crippen molar-refractivity contribution in [2.75, 3.05) is 0 Å². The van der Waals surface area contributed by atoms with Crippen LogP contribution >= 0.6 is 0 Å². The molecule has 1 fully saturated rings. The van der Waals surface area contributed by atoms with Gasteiger partial charge in [-0.15, -0.1) is 0 Å². The van der Waals surface area contributed by atoms with Gasteiger partial charge < -0.3 is 14.7 Å². The number of benzene rings is 2. The van der Waals surface area contributed by atoms with Crippen LogP contribution in [0.2, 0.25) is 0 Å². The highest BCUT2D eigenvalue weighted by atomic mass is 19.1. The molecule has 0 saturated heterocycles. The Bertz CT molecular complexity index is 1320. The van der Waals surface area contributed by atoms with Gasteiger partial charge in [0.1, 0.15) is 11.5 Å². The van der Waals surface area contributed by atoms with Gasteiger partial charge in [0.25, 0.3) is 0 Å². The minimum Gasteiger partial charge on any atom is -0.392 e. The van der Waals surface area contributed by atoms with Crippen LogP contribution in [0.4, 0.5) is 4.39 Å². The minimum atomic E-state index is -0.518. The van der Waals surface area contributed by atoms with Crippen molar-refractivity contribution in [1.29, 1.82) is 5.26 Å². The molecule has 0 unspecified atom stereocenters. The third kappa shape index (κ3) is 1.95. The zero-order valence-corrected chi connectivity index (χ0v) is 13.7. The summed E-state index contributed by atoms with van der Waals surface area (Å²) in [6.45, 7) is -0.456. The molecule has 0 amide bonds. The average Bonchev–Trinajstić information content (AvgIpc) is 3.40. The molecule has 0 atom stereocenters. The van der Waals surface area contributed by atoms with Crippen LogP contribution in [0.5, 0.6) is 0 Å². The maximum absolute atomic E-state index is 14.3. The van der Waals surface area contributed by atoms with Crippen molar-refractivity contribution in [3.63, 3.8) is 0 Å². The van der Waals surface area contributed by atoms with Crippen molar-refractivity contribution >= 4 is 32.8 Å². The number of aliphatic hydroxyl groups excluding tert-OH is 1. The molecule has 0 bridgehead atoms. The summed E-state index contributed by atoms with van der Waals surface area (Å²) in [7, 11) is 0. The first kappa shape index (κ1) is 15.1. The first-order valence-electron chi connectivity index (χ1n) is 8.45. The van der Waals surface area contributed by atoms with Gasteiger partial charge in [-0.3, -0.25) is 4.79 Å². The molecule has 1 aliphatic rings. The molecule has 2 aromatic heterocycles. The SMILES string of the molecule is N#Cc1ccc2c(c1)[nH]c1c2c(=O)c2cc(CO)c(F)cc2n1C1CC1. The van der Waals surface area contributed by atoms with Crippen LogP contribution in [0.15, 0.2) is 35.1 Å². The molecule has 26 heavy (non-hydrogen) atoms. The second kappa shape index (κ2) is 5.16. The van der Waals surface area contributed by atoms with Crippen LogP contribution in [0.1, 0.15) is 30.0 Å². The van der Waals surface area contributed by atoms with E-state index in [1.54, 1.807) is 18.2 Å². The Morgan fingerprint density at radius 2 is 2.08 bits per heavy atom. The van der Waals surface area contributed by atoms with Gasteiger partial charge in [-0.2, -0.15) is 5.26 Å². The number of fused-ring (bicyclic) bond motifs is 4. The van der Waals surface area contributed by atoms with Crippen LogP contribution in [0.3, 0.4) is 0 Å². The molecule has 2 N–H and O–H groups in total. The fraction of sp³-hybridized carbons (Fsp3) is 0.200. The van der Waals surface area contributed by atoms with Crippen molar-refractivity contribution in [2.24, 2.45) is 0 Å². The van der Waals surface area contributed by atoms with E-state index in [0.717, 1.165) is 18.2 Å². The van der Waals surface area contributed by atoms with E-state index in [4.69, 9.17) is 5.26 Å². The number of nitriles is 1. The van der Waals surface area contributed by atoms with E-state index in [-0.39, 0.29) is 17.0 Å². The van der Waals surface area contributed by atoms with Gasteiger partial charge in [0, 0.05) is 27.9 Å². The number of halogens is 1. The lowest BCUT2D eigenvalue weighted by atomic mass is 10.1. The summed E-state index contributed by atoms with van der Waals surface area (Å²) >= 11 is 0. The van der Waals surface area contributed by atoms with Crippen molar-refractivity contribution in [2.45, 2.75) is 25.5 Å². The van der Waals surface area contributed by atoms with Crippen LogP contribution in [-0.2, 0) is 6.61 Å². The van der Waals surface area contributed by atoms with Gasteiger partial charge in [-0.05, 0) is 37.1 Å². The molecule has 6 heteroatoms. The Hall–Kier alpha value is -3.17. The lowest BCUT2D eigenvalue weighted by Gasteiger charge is -2.13. The van der Waals surface area contributed by atoms with E-state index in [1.807, 2.05) is 4.57 Å². The van der Waals surface area contributed by atoms with Gasteiger partial charge in [0.15, 0.2) is 5.43 Å². The van der Waals surface area contributed by atoms with Crippen LogP contribution in [0, 0.1) is 17.1 Å². The predicted octanol–water partition coefficient (Wildman–Crippen LogP) is 3.47. The van der Waals surface area contributed by atoms with Gasteiger partial charge in [-0.25, -0.2) is 4.39 Å². The number of aromatic nitrogens is 2. The first-order valence-corrected chi connectivity index (χ1v) is 8.45. The van der Waals surface area contributed by atoms with Gasteiger partial charge in [-0.1, -0.05) is 6.07 Å². The van der Waals surface area contributed by atoms with Crippen molar-refractivity contribution < 1.29 is 9.50 Å². The van der Waals surface area contributed by atoms with Crippen LogP contribution < -0.4 is 5.43 Å². The van der Waals surface area contributed by atoms with Crippen molar-refractivity contribution in [3.8, 4) is 6.07 Å². The minimum absolute atomic E-state index is 0.114. The van der Waals surface area contributed by atoms with E-state index in [9.17, 15) is 14.3 Å². The number of nitrogens with zero attached hydrogens (tertiary/aromatic N) is 2. The summed E-state index contributed by atoms with van der Waals surface area (Å²) in [4.78, 5) is 16.5. The topological polar surface area (TPSA) is 81.8 Å². The van der Waals surface area contributed by atoms with Crippen molar-refractivity contribution in [1.82, 2.24) is 9.55 Å². The molecule has 0 radical (unpaired) electrons. The molecule has 2 aromatic carbocycles. The molecule has 5 rings (SSSR count). The second-order valence-corrected chi connectivity index (χ2v) is 6.77. The predicted molar refractivity (Wildman–Crippen MR) is 96.4 cm³/mol. The molecule has 2 heterocycles. The van der Waals surface area contributed by atoms with Gasteiger partial charge >= 0.3 is 0 Å². The molecule has 4 aromatic rings. The lowest BCUT2D eigenvalue weighted by Crippen LogP contribution is -2.11. The summed E-state index contributed by atoms with van der Waals surface area (Å²) < 4.78 is 16.3. The van der Waals surface area contributed by atoms with E-state index in [0.29, 0.717) is 33.0 Å². The number of aliphatic hydroxyl groups is 1. The number of H-pyrrole nitrogens is 1. The molecular formula is C20H14FN3O2. The van der Waals surface area contributed by atoms with E-state index < -0.39 is 12.4 Å². The normalized spacial score (nSPS) is 14.3. The number of hydrogen-bond donors (Lipinski definition) is 2. The van der Waals surface area contributed by atoms with Crippen LogP contribution in [-0.4, -0.2) is 14.7 Å².